The molecule has 7 heteroatoms. The maximum atomic E-state index is 13.1. The van der Waals surface area contributed by atoms with Crippen molar-refractivity contribution in [1.82, 2.24) is 9.55 Å². The molecular formula is C23H19ClN4O2. The van der Waals surface area contributed by atoms with Gasteiger partial charge in [-0.1, -0.05) is 41.9 Å². The number of nitrogens with one attached hydrogen (secondary N) is 2. The predicted octanol–water partition coefficient (Wildman–Crippen LogP) is 5.05. The number of nitrogens with zero attached hydrogens (tertiary/aromatic N) is 2. The Bertz CT molecular complexity index is 1270. The zero-order valence-corrected chi connectivity index (χ0v) is 17.0. The Labute approximate surface area is 178 Å². The Morgan fingerprint density at radius 2 is 1.67 bits per heavy atom. The van der Waals surface area contributed by atoms with Gasteiger partial charge in [-0.25, -0.2) is 9.78 Å². The third-order valence-electron chi connectivity index (χ3n) is 4.69. The molecule has 0 bridgehead atoms. The first-order chi connectivity index (χ1) is 14.5. The normalized spacial score (nSPS) is 10.7. The van der Waals surface area contributed by atoms with Crippen molar-refractivity contribution in [3.63, 3.8) is 0 Å². The number of hydrogen-bond donors (Lipinski definition) is 2. The number of anilines is 2. The summed E-state index contributed by atoms with van der Waals surface area (Å²) >= 11 is 5.94. The van der Waals surface area contributed by atoms with Crippen LogP contribution in [0.2, 0.25) is 5.02 Å². The number of halogens is 1. The van der Waals surface area contributed by atoms with E-state index in [0.29, 0.717) is 39.7 Å². The molecule has 3 aromatic carbocycles. The van der Waals surface area contributed by atoms with Crippen molar-refractivity contribution in [3.05, 3.63) is 99.6 Å². The van der Waals surface area contributed by atoms with E-state index in [1.165, 1.54) is 0 Å². The molecule has 2 N–H and O–H groups in total. The topological polar surface area (TPSA) is 76.0 Å². The summed E-state index contributed by atoms with van der Waals surface area (Å²) in [6.07, 6.45) is 0. The minimum absolute atomic E-state index is 0.167. The lowest BCUT2D eigenvalue weighted by molar-refractivity contribution is 0.262. The van der Waals surface area contributed by atoms with Crippen molar-refractivity contribution >= 4 is 39.9 Å². The summed E-state index contributed by atoms with van der Waals surface area (Å²) in [4.78, 5) is 29.9. The standard InChI is InChI=1S/C23H19ClN4O2/c1-15-25-21-12-11-19(27-23(30)26-18-5-3-2-4-6-18)13-20(21)22(29)28(15)14-16-7-9-17(24)10-8-16/h2-13H,14H2,1H3,(H2,26,27,30). The van der Waals surface area contributed by atoms with Crippen molar-refractivity contribution in [1.29, 1.82) is 0 Å². The van der Waals surface area contributed by atoms with Gasteiger partial charge in [0.2, 0.25) is 0 Å². The molecule has 0 aliphatic carbocycles. The van der Waals surface area contributed by atoms with Crippen LogP contribution in [-0.4, -0.2) is 15.6 Å². The van der Waals surface area contributed by atoms with Gasteiger partial charge in [0.1, 0.15) is 5.82 Å². The highest BCUT2D eigenvalue weighted by molar-refractivity contribution is 6.30. The number of para-hydroxylation sites is 1. The average Bonchev–Trinajstić information content (AvgIpc) is 2.73. The molecule has 0 fully saturated rings. The molecule has 150 valence electrons. The van der Waals surface area contributed by atoms with Crippen LogP contribution in [0, 0.1) is 6.92 Å². The van der Waals surface area contributed by atoms with E-state index >= 15 is 0 Å². The fraction of sp³-hybridized carbons (Fsp3) is 0.0870. The van der Waals surface area contributed by atoms with E-state index in [4.69, 9.17) is 11.6 Å². The molecule has 0 atom stereocenters. The van der Waals surface area contributed by atoms with Gasteiger partial charge in [-0.05, 0) is 55.0 Å². The average molecular weight is 419 g/mol. The second-order valence-electron chi connectivity index (χ2n) is 6.85. The molecule has 0 saturated carbocycles. The number of aryl methyl sites for hydroxylation is 1. The Morgan fingerprint density at radius 3 is 2.40 bits per heavy atom. The van der Waals surface area contributed by atoms with Gasteiger partial charge in [0.15, 0.2) is 0 Å². The number of amides is 2. The monoisotopic (exact) mass is 418 g/mol. The Balaban J connectivity index is 1.62. The molecule has 4 aromatic rings. The summed E-state index contributed by atoms with van der Waals surface area (Å²) in [5, 5.41) is 6.59. The zero-order chi connectivity index (χ0) is 21.1. The van der Waals surface area contributed by atoms with Gasteiger partial charge in [-0.15, -0.1) is 0 Å². The van der Waals surface area contributed by atoms with Gasteiger partial charge in [-0.2, -0.15) is 0 Å². The highest BCUT2D eigenvalue weighted by Gasteiger charge is 2.11. The summed E-state index contributed by atoms with van der Waals surface area (Å²) in [6.45, 7) is 2.19. The quantitative estimate of drug-likeness (QED) is 0.487. The third-order valence-corrected chi connectivity index (χ3v) is 4.94. The summed E-state index contributed by atoms with van der Waals surface area (Å²) in [5.74, 6) is 0.616. The number of rotatable bonds is 4. The number of urea groups is 1. The molecule has 0 radical (unpaired) electrons. The van der Waals surface area contributed by atoms with Crippen LogP contribution >= 0.6 is 11.6 Å². The van der Waals surface area contributed by atoms with Crippen LogP contribution in [0.1, 0.15) is 11.4 Å². The zero-order valence-electron chi connectivity index (χ0n) is 16.2. The Kier molecular flexibility index (Phi) is 5.50. The summed E-state index contributed by atoms with van der Waals surface area (Å²) < 4.78 is 1.61. The minimum Gasteiger partial charge on any atom is -0.308 e. The van der Waals surface area contributed by atoms with E-state index in [1.54, 1.807) is 54.0 Å². The number of carbonyl (C=O) groups is 1. The van der Waals surface area contributed by atoms with E-state index in [-0.39, 0.29) is 11.6 Å². The van der Waals surface area contributed by atoms with Gasteiger partial charge in [0.05, 0.1) is 17.4 Å². The number of aromatic nitrogens is 2. The van der Waals surface area contributed by atoms with Crippen molar-refractivity contribution in [2.45, 2.75) is 13.5 Å². The van der Waals surface area contributed by atoms with Crippen molar-refractivity contribution < 1.29 is 4.79 Å². The maximum Gasteiger partial charge on any atom is 0.323 e. The molecule has 0 spiro atoms. The molecule has 0 aliphatic heterocycles. The van der Waals surface area contributed by atoms with Crippen LogP contribution in [-0.2, 0) is 6.54 Å². The highest BCUT2D eigenvalue weighted by Crippen LogP contribution is 2.17. The van der Waals surface area contributed by atoms with E-state index in [9.17, 15) is 9.59 Å². The molecule has 4 rings (SSSR count). The molecule has 0 unspecified atom stereocenters. The van der Waals surface area contributed by atoms with Gasteiger partial charge < -0.3 is 10.6 Å². The van der Waals surface area contributed by atoms with Crippen molar-refractivity contribution in [2.75, 3.05) is 10.6 Å². The van der Waals surface area contributed by atoms with Crippen LogP contribution in [0.15, 0.2) is 77.6 Å². The van der Waals surface area contributed by atoms with E-state index in [2.05, 4.69) is 15.6 Å². The second kappa shape index (κ2) is 8.39. The third kappa shape index (κ3) is 4.34. The number of benzene rings is 3. The first kappa shape index (κ1) is 19.7. The lowest BCUT2D eigenvalue weighted by Crippen LogP contribution is -2.25. The largest absolute Gasteiger partial charge is 0.323 e. The Hall–Kier alpha value is -3.64. The summed E-state index contributed by atoms with van der Waals surface area (Å²) in [7, 11) is 0. The maximum absolute atomic E-state index is 13.1. The number of hydrogen-bond acceptors (Lipinski definition) is 3. The van der Waals surface area contributed by atoms with Crippen molar-refractivity contribution in [2.24, 2.45) is 0 Å². The highest BCUT2D eigenvalue weighted by atomic mass is 35.5. The lowest BCUT2D eigenvalue weighted by Gasteiger charge is -2.12. The molecule has 1 heterocycles. The van der Waals surface area contributed by atoms with Crippen LogP contribution in [0.5, 0.6) is 0 Å². The second-order valence-corrected chi connectivity index (χ2v) is 7.29. The van der Waals surface area contributed by atoms with Crippen LogP contribution in [0.4, 0.5) is 16.2 Å². The smallest absolute Gasteiger partial charge is 0.308 e. The fourth-order valence-electron chi connectivity index (χ4n) is 3.18. The molecule has 2 amide bonds. The minimum atomic E-state index is -0.387. The number of carbonyl (C=O) groups excluding carboxylic acids is 1. The molecule has 6 nitrogen and oxygen atoms in total. The number of fused-ring (bicyclic) bond motifs is 1. The first-order valence-corrected chi connectivity index (χ1v) is 9.76. The lowest BCUT2D eigenvalue weighted by atomic mass is 10.2. The first-order valence-electron chi connectivity index (χ1n) is 9.38. The van der Waals surface area contributed by atoms with Gasteiger partial charge in [0, 0.05) is 16.4 Å². The van der Waals surface area contributed by atoms with Gasteiger partial charge >= 0.3 is 6.03 Å². The molecule has 0 aliphatic rings. The molecule has 0 saturated heterocycles. The van der Waals surface area contributed by atoms with Gasteiger partial charge in [-0.3, -0.25) is 9.36 Å². The Morgan fingerprint density at radius 1 is 0.967 bits per heavy atom. The van der Waals surface area contributed by atoms with E-state index in [0.717, 1.165) is 5.56 Å². The molecule has 1 aromatic heterocycles. The van der Waals surface area contributed by atoms with Crippen LogP contribution < -0.4 is 16.2 Å². The summed E-state index contributed by atoms with van der Waals surface area (Å²) in [6, 6.07) is 21.2. The van der Waals surface area contributed by atoms with Crippen LogP contribution in [0.3, 0.4) is 0 Å². The molecular weight excluding hydrogens is 400 g/mol. The van der Waals surface area contributed by atoms with Gasteiger partial charge in [0.25, 0.3) is 5.56 Å². The SMILES string of the molecule is Cc1nc2ccc(NC(=O)Nc3ccccc3)cc2c(=O)n1Cc1ccc(Cl)cc1. The summed E-state index contributed by atoms with van der Waals surface area (Å²) in [5.41, 5.74) is 2.55. The van der Waals surface area contributed by atoms with Crippen molar-refractivity contribution in [3.8, 4) is 0 Å². The fourth-order valence-corrected chi connectivity index (χ4v) is 3.31. The van der Waals surface area contributed by atoms with Crippen LogP contribution in [0.25, 0.3) is 10.9 Å². The van der Waals surface area contributed by atoms with E-state index in [1.807, 2.05) is 30.3 Å². The molecule has 30 heavy (non-hydrogen) atoms. The predicted molar refractivity (Wildman–Crippen MR) is 120 cm³/mol. The van der Waals surface area contributed by atoms with E-state index < -0.39 is 0 Å².